The van der Waals surface area contributed by atoms with E-state index in [4.69, 9.17) is 4.74 Å². The third-order valence-electron chi connectivity index (χ3n) is 11.7. The first kappa shape index (κ1) is 43.2. The fourth-order valence-electron chi connectivity index (χ4n) is 8.37. The summed E-state index contributed by atoms with van der Waals surface area (Å²) in [6, 6.07) is 20.2. The predicted octanol–water partition coefficient (Wildman–Crippen LogP) is 4.45. The molecule has 320 valence electrons. The summed E-state index contributed by atoms with van der Waals surface area (Å²) in [5, 5.41) is 9.87. The second-order valence-electron chi connectivity index (χ2n) is 16.2. The van der Waals surface area contributed by atoms with Crippen LogP contribution in [0.1, 0.15) is 80.2 Å². The molecule has 3 atom stereocenters. The number of aryl methyl sites for hydroxylation is 2. The molecule has 2 N–H and O–H groups in total. The Hall–Kier alpha value is -5.87. The minimum absolute atomic E-state index is 0.0169. The molecule has 0 radical (unpaired) electrons. The van der Waals surface area contributed by atoms with E-state index in [1.807, 2.05) is 26.2 Å². The van der Waals surface area contributed by atoms with Gasteiger partial charge in [0, 0.05) is 71.0 Å². The van der Waals surface area contributed by atoms with Crippen LogP contribution >= 0.6 is 15.9 Å². The van der Waals surface area contributed by atoms with Gasteiger partial charge < -0.3 is 24.8 Å². The molecule has 0 bridgehead atoms. The van der Waals surface area contributed by atoms with Crippen LogP contribution in [0.5, 0.6) is 5.75 Å². The van der Waals surface area contributed by atoms with Crippen molar-refractivity contribution in [3.63, 3.8) is 0 Å². The van der Waals surface area contributed by atoms with Crippen LogP contribution in [0.25, 0.3) is 0 Å². The number of rotatable bonds is 15. The number of fused-ring (bicyclic) bond motifs is 1. The molecular formula is C45H51BrN8O7. The Bertz CT molecular complexity index is 2370. The van der Waals surface area contributed by atoms with E-state index in [0.29, 0.717) is 41.0 Å². The molecule has 1 aromatic heterocycles. The molecule has 3 unspecified atom stereocenters. The maximum atomic E-state index is 13.4. The molecule has 3 aliphatic heterocycles. The van der Waals surface area contributed by atoms with Crippen molar-refractivity contribution in [2.75, 3.05) is 64.1 Å². The quantitative estimate of drug-likeness (QED) is 0.128. The highest BCUT2D eigenvalue weighted by Gasteiger charge is 2.46. The van der Waals surface area contributed by atoms with Crippen LogP contribution in [-0.2, 0) is 23.1 Å². The van der Waals surface area contributed by atoms with Gasteiger partial charge in [0.25, 0.3) is 23.3 Å². The van der Waals surface area contributed by atoms with Gasteiger partial charge in [0.2, 0.25) is 11.8 Å². The predicted molar refractivity (Wildman–Crippen MR) is 234 cm³/mol. The normalized spacial score (nSPS) is 19.1. The summed E-state index contributed by atoms with van der Waals surface area (Å²) >= 11 is 3.42. The zero-order valence-corrected chi connectivity index (χ0v) is 36.4. The standard InChI is InChI=1S/C45H51BrN8O7/c1-50-26-31(24-32(27-50)48-35-25-47-53(4)45(60)40(35)46)29-13-15-30(16-14-29)42(57)52(3)22-7-21-51(2)33-17-11-28(12-18-33)8-6-23-61-37-10-5-9-34-39(37)44(59)54(43(34)58)36-19-20-38(55)49-41(36)56/h5,9-18,25,31-32,36,48H,6-8,19-24,26-27H2,1-4H3,(H,49,55,56). The largest absolute Gasteiger partial charge is 0.493 e. The first-order valence-electron chi connectivity index (χ1n) is 20.6. The summed E-state index contributed by atoms with van der Waals surface area (Å²) in [5.74, 6) is -1.67. The summed E-state index contributed by atoms with van der Waals surface area (Å²) in [5.41, 5.74) is 4.86. The summed E-state index contributed by atoms with van der Waals surface area (Å²) in [6.07, 6.45) is 4.91. The van der Waals surface area contributed by atoms with Crippen molar-refractivity contribution in [1.82, 2.24) is 29.8 Å². The van der Waals surface area contributed by atoms with Gasteiger partial charge in [-0.1, -0.05) is 30.3 Å². The fraction of sp³-hybridized carbons (Fsp3) is 0.400. The molecular weight excluding hydrogens is 844 g/mol. The molecule has 15 nitrogen and oxygen atoms in total. The molecule has 0 spiro atoms. The summed E-state index contributed by atoms with van der Waals surface area (Å²) < 4.78 is 7.77. The Balaban J connectivity index is 0.836. The second-order valence-corrected chi connectivity index (χ2v) is 17.0. The van der Waals surface area contributed by atoms with Crippen LogP contribution in [0.4, 0.5) is 11.4 Å². The molecule has 61 heavy (non-hydrogen) atoms. The number of halogens is 1. The number of aromatic nitrogens is 2. The maximum absolute atomic E-state index is 13.4. The van der Waals surface area contributed by atoms with Gasteiger partial charge in [-0.3, -0.25) is 39.0 Å². The van der Waals surface area contributed by atoms with E-state index in [2.05, 4.69) is 84.9 Å². The smallest absolute Gasteiger partial charge is 0.282 e. The number of ether oxygens (including phenoxy) is 1. The molecule has 2 fully saturated rings. The average molecular weight is 896 g/mol. The number of anilines is 2. The Morgan fingerprint density at radius 1 is 0.934 bits per heavy atom. The van der Waals surface area contributed by atoms with Gasteiger partial charge in [0.05, 0.1) is 29.6 Å². The summed E-state index contributed by atoms with van der Waals surface area (Å²) in [7, 11) is 7.59. The zero-order valence-electron chi connectivity index (χ0n) is 34.9. The van der Waals surface area contributed by atoms with E-state index in [0.717, 1.165) is 55.0 Å². The van der Waals surface area contributed by atoms with Crippen LogP contribution in [-0.4, -0.2) is 120 Å². The molecule has 5 amide bonds. The van der Waals surface area contributed by atoms with Crippen LogP contribution in [0.3, 0.4) is 0 Å². The number of likely N-dealkylation sites (N-methyl/N-ethyl adjacent to an activating group) is 1. The topological polar surface area (TPSA) is 166 Å². The SMILES string of the molecule is CN1CC(Nc2cnn(C)c(=O)c2Br)CC(c2ccc(C(=O)N(C)CCCN(C)c3ccc(CCCOc4cccc5c4C(=O)N(C4CCC(=O)NC4=O)C5=O)cc3)cc2)C1. The highest BCUT2D eigenvalue weighted by atomic mass is 79.9. The molecule has 4 heterocycles. The van der Waals surface area contributed by atoms with E-state index in [1.165, 1.54) is 10.2 Å². The first-order valence-corrected chi connectivity index (χ1v) is 21.4. The number of nitrogens with zero attached hydrogens (tertiary/aromatic N) is 6. The van der Waals surface area contributed by atoms with Crippen LogP contribution in [0, 0.1) is 0 Å². The number of nitrogens with one attached hydrogen (secondary N) is 2. The van der Waals surface area contributed by atoms with E-state index >= 15 is 0 Å². The van der Waals surface area contributed by atoms with Crippen molar-refractivity contribution in [2.24, 2.45) is 7.05 Å². The van der Waals surface area contributed by atoms with Crippen molar-refractivity contribution in [3.05, 3.63) is 116 Å². The first-order chi connectivity index (χ1) is 29.3. The Kier molecular flexibility index (Phi) is 13.3. The number of imide groups is 2. The Morgan fingerprint density at radius 2 is 1.69 bits per heavy atom. The average Bonchev–Trinajstić information content (AvgIpc) is 3.51. The van der Waals surface area contributed by atoms with Crippen LogP contribution in [0.2, 0.25) is 0 Å². The van der Waals surface area contributed by atoms with Crippen molar-refractivity contribution in [2.45, 2.75) is 56.5 Å². The number of likely N-dealkylation sites (tertiary alicyclic amines) is 1. The van der Waals surface area contributed by atoms with E-state index in [9.17, 15) is 28.8 Å². The van der Waals surface area contributed by atoms with Crippen molar-refractivity contribution < 1.29 is 28.7 Å². The molecule has 3 aromatic carbocycles. The lowest BCUT2D eigenvalue weighted by molar-refractivity contribution is -0.136. The van der Waals surface area contributed by atoms with Gasteiger partial charge in [0.15, 0.2) is 0 Å². The monoisotopic (exact) mass is 894 g/mol. The van der Waals surface area contributed by atoms with Crippen molar-refractivity contribution in [1.29, 1.82) is 0 Å². The molecule has 0 saturated carbocycles. The van der Waals surface area contributed by atoms with Crippen molar-refractivity contribution >= 4 is 56.8 Å². The number of piperidine rings is 2. The van der Waals surface area contributed by atoms with Gasteiger partial charge in [0.1, 0.15) is 16.3 Å². The Labute approximate surface area is 363 Å². The van der Waals surface area contributed by atoms with Crippen LogP contribution < -0.4 is 25.8 Å². The lowest BCUT2D eigenvalue weighted by Crippen LogP contribution is -2.54. The van der Waals surface area contributed by atoms with E-state index in [-0.39, 0.29) is 47.4 Å². The number of carbonyl (C=O) groups is 5. The minimum Gasteiger partial charge on any atom is -0.493 e. The molecule has 2 saturated heterocycles. The van der Waals surface area contributed by atoms with E-state index < -0.39 is 29.7 Å². The number of hydrogen-bond donors (Lipinski definition) is 2. The minimum atomic E-state index is -1.03. The van der Waals surface area contributed by atoms with Crippen LogP contribution in [0.15, 0.2) is 82.2 Å². The summed E-state index contributed by atoms with van der Waals surface area (Å²) in [6.45, 7) is 3.43. The third kappa shape index (κ3) is 9.70. The fourth-order valence-corrected chi connectivity index (χ4v) is 8.84. The molecule has 16 heteroatoms. The second kappa shape index (κ2) is 18.8. The lowest BCUT2D eigenvalue weighted by Gasteiger charge is -2.37. The Morgan fingerprint density at radius 3 is 2.43 bits per heavy atom. The van der Waals surface area contributed by atoms with Gasteiger partial charge in [-0.15, -0.1) is 0 Å². The van der Waals surface area contributed by atoms with Gasteiger partial charge in [-0.25, -0.2) is 4.68 Å². The maximum Gasteiger partial charge on any atom is 0.282 e. The molecule has 7 rings (SSSR count). The number of benzene rings is 3. The highest BCUT2D eigenvalue weighted by Crippen LogP contribution is 2.34. The lowest BCUT2D eigenvalue weighted by atomic mass is 9.87. The van der Waals surface area contributed by atoms with E-state index in [1.54, 1.807) is 36.3 Å². The van der Waals surface area contributed by atoms with Gasteiger partial charge >= 0.3 is 0 Å². The zero-order chi connectivity index (χ0) is 43.4. The van der Waals surface area contributed by atoms with Gasteiger partial charge in [-0.05, 0) is 109 Å². The molecule has 3 aliphatic rings. The number of amides is 5. The van der Waals surface area contributed by atoms with Crippen molar-refractivity contribution in [3.8, 4) is 5.75 Å². The number of hydrogen-bond acceptors (Lipinski definition) is 11. The molecule has 0 aliphatic carbocycles. The molecule has 4 aromatic rings. The third-order valence-corrected chi connectivity index (χ3v) is 12.5. The number of carbonyl (C=O) groups excluding carboxylic acids is 5. The van der Waals surface area contributed by atoms with Gasteiger partial charge in [-0.2, -0.15) is 5.10 Å². The highest BCUT2D eigenvalue weighted by molar-refractivity contribution is 9.10. The summed E-state index contributed by atoms with van der Waals surface area (Å²) in [4.78, 5) is 83.4.